The van der Waals surface area contributed by atoms with E-state index in [9.17, 15) is 4.79 Å². The number of nitrogens with one attached hydrogen (secondary N) is 1. The van der Waals surface area contributed by atoms with Crippen LogP contribution in [0.15, 0.2) is 27.8 Å². The lowest BCUT2D eigenvalue weighted by molar-refractivity contribution is 0.151. The SMILES string of the molecule is CC(C)N1CCC(n2cc(-c3ccsc3)[nH]c2=O)CC1. The molecule has 0 spiro atoms. The van der Waals surface area contributed by atoms with Crippen molar-refractivity contribution >= 4 is 11.3 Å². The molecule has 20 heavy (non-hydrogen) atoms. The van der Waals surface area contributed by atoms with Crippen molar-refractivity contribution in [2.24, 2.45) is 0 Å². The van der Waals surface area contributed by atoms with Gasteiger partial charge in [0.2, 0.25) is 0 Å². The van der Waals surface area contributed by atoms with Crippen molar-refractivity contribution in [3.8, 4) is 11.3 Å². The Balaban J connectivity index is 1.77. The predicted molar refractivity (Wildman–Crippen MR) is 83.3 cm³/mol. The first-order valence-electron chi connectivity index (χ1n) is 7.23. The third-order valence-corrected chi connectivity index (χ3v) is 4.88. The van der Waals surface area contributed by atoms with Gasteiger partial charge in [0.25, 0.3) is 0 Å². The number of hydrogen-bond acceptors (Lipinski definition) is 3. The zero-order chi connectivity index (χ0) is 14.1. The Morgan fingerprint density at radius 3 is 2.70 bits per heavy atom. The van der Waals surface area contributed by atoms with Crippen LogP contribution in [0.3, 0.4) is 0 Å². The van der Waals surface area contributed by atoms with Crippen LogP contribution >= 0.6 is 11.3 Å². The second kappa shape index (κ2) is 5.58. The van der Waals surface area contributed by atoms with Crippen molar-refractivity contribution in [2.75, 3.05) is 13.1 Å². The van der Waals surface area contributed by atoms with Gasteiger partial charge in [0.15, 0.2) is 0 Å². The number of H-pyrrole nitrogens is 1. The molecule has 5 heteroatoms. The summed E-state index contributed by atoms with van der Waals surface area (Å²) in [5.74, 6) is 0. The molecule has 2 aromatic rings. The average molecular weight is 291 g/mol. The lowest BCUT2D eigenvalue weighted by Gasteiger charge is -2.34. The number of aromatic amines is 1. The molecule has 0 atom stereocenters. The highest BCUT2D eigenvalue weighted by Gasteiger charge is 2.23. The molecule has 0 aromatic carbocycles. The van der Waals surface area contributed by atoms with E-state index in [1.165, 1.54) is 0 Å². The Labute approximate surface area is 123 Å². The number of hydrogen-bond donors (Lipinski definition) is 1. The highest BCUT2D eigenvalue weighted by molar-refractivity contribution is 7.08. The van der Waals surface area contributed by atoms with Crippen molar-refractivity contribution in [1.29, 1.82) is 0 Å². The lowest BCUT2D eigenvalue weighted by Crippen LogP contribution is -2.40. The van der Waals surface area contributed by atoms with Gasteiger partial charge < -0.3 is 9.88 Å². The van der Waals surface area contributed by atoms with E-state index in [0.29, 0.717) is 12.1 Å². The van der Waals surface area contributed by atoms with Gasteiger partial charge in [0.05, 0.1) is 5.69 Å². The molecule has 0 saturated carbocycles. The summed E-state index contributed by atoms with van der Waals surface area (Å²) in [6, 6.07) is 2.98. The molecule has 0 radical (unpaired) electrons. The summed E-state index contributed by atoms with van der Waals surface area (Å²) in [4.78, 5) is 17.6. The molecule has 0 unspecified atom stereocenters. The monoisotopic (exact) mass is 291 g/mol. The fraction of sp³-hybridized carbons (Fsp3) is 0.533. The van der Waals surface area contributed by atoms with E-state index in [1.54, 1.807) is 11.3 Å². The summed E-state index contributed by atoms with van der Waals surface area (Å²) >= 11 is 1.65. The Morgan fingerprint density at radius 1 is 1.35 bits per heavy atom. The van der Waals surface area contributed by atoms with Crippen molar-refractivity contribution in [2.45, 2.75) is 38.8 Å². The van der Waals surface area contributed by atoms with Crippen LogP contribution in [0.25, 0.3) is 11.3 Å². The summed E-state index contributed by atoms with van der Waals surface area (Å²) in [6.45, 7) is 6.62. The smallest absolute Gasteiger partial charge is 0.306 e. The number of imidazole rings is 1. The number of piperidine rings is 1. The van der Waals surface area contributed by atoms with Crippen LogP contribution in [0.2, 0.25) is 0 Å². The molecule has 0 amide bonds. The first-order valence-corrected chi connectivity index (χ1v) is 8.17. The molecule has 3 rings (SSSR count). The lowest BCUT2D eigenvalue weighted by atomic mass is 10.0. The standard InChI is InChI=1S/C15H21N3OS/c1-11(2)17-6-3-13(4-7-17)18-9-14(16-15(18)19)12-5-8-20-10-12/h5,8-11,13H,3-4,6-7H2,1-2H3,(H,16,19). The molecule has 4 nitrogen and oxygen atoms in total. The third-order valence-electron chi connectivity index (χ3n) is 4.20. The predicted octanol–water partition coefficient (Wildman–Crippen LogP) is 2.95. The number of nitrogens with zero attached hydrogens (tertiary/aromatic N) is 2. The fourth-order valence-electron chi connectivity index (χ4n) is 2.93. The van der Waals surface area contributed by atoms with Crippen LogP contribution in [-0.4, -0.2) is 33.6 Å². The minimum Gasteiger partial charge on any atom is -0.306 e. The van der Waals surface area contributed by atoms with E-state index < -0.39 is 0 Å². The largest absolute Gasteiger partial charge is 0.326 e. The van der Waals surface area contributed by atoms with Crippen molar-refractivity contribution in [3.63, 3.8) is 0 Å². The van der Waals surface area contributed by atoms with E-state index >= 15 is 0 Å². The maximum atomic E-state index is 12.1. The van der Waals surface area contributed by atoms with Crippen LogP contribution in [0.1, 0.15) is 32.7 Å². The Bertz CT molecular complexity index is 603. The molecular weight excluding hydrogens is 270 g/mol. The van der Waals surface area contributed by atoms with Gasteiger partial charge in [0.1, 0.15) is 0 Å². The summed E-state index contributed by atoms with van der Waals surface area (Å²) in [5.41, 5.74) is 2.06. The molecular formula is C15H21N3OS. The Hall–Kier alpha value is -1.33. The van der Waals surface area contributed by atoms with Crippen LogP contribution < -0.4 is 5.69 Å². The minimum atomic E-state index is 0.0224. The zero-order valence-corrected chi connectivity index (χ0v) is 12.8. The van der Waals surface area contributed by atoms with E-state index in [4.69, 9.17) is 0 Å². The molecule has 1 saturated heterocycles. The minimum absolute atomic E-state index is 0.0224. The van der Waals surface area contributed by atoms with Gasteiger partial charge in [-0.05, 0) is 38.1 Å². The quantitative estimate of drug-likeness (QED) is 0.944. The van der Waals surface area contributed by atoms with E-state index in [1.807, 2.05) is 22.2 Å². The summed E-state index contributed by atoms with van der Waals surface area (Å²) < 4.78 is 1.89. The first kappa shape index (κ1) is 13.6. The number of thiophene rings is 1. The van der Waals surface area contributed by atoms with E-state index in [2.05, 4.69) is 29.1 Å². The van der Waals surface area contributed by atoms with Gasteiger partial charge in [-0.25, -0.2) is 4.79 Å². The van der Waals surface area contributed by atoms with Crippen molar-refractivity contribution in [3.05, 3.63) is 33.5 Å². The first-order chi connectivity index (χ1) is 9.65. The molecule has 1 aliphatic heterocycles. The maximum Gasteiger partial charge on any atom is 0.326 e. The van der Waals surface area contributed by atoms with Gasteiger partial charge in [-0.2, -0.15) is 11.3 Å². The average Bonchev–Trinajstić information content (AvgIpc) is 3.08. The molecule has 1 fully saturated rings. The van der Waals surface area contributed by atoms with Crippen molar-refractivity contribution < 1.29 is 0 Å². The third kappa shape index (κ3) is 2.60. The molecule has 108 valence electrons. The van der Waals surface area contributed by atoms with Crippen LogP contribution in [-0.2, 0) is 0 Å². The molecule has 2 aromatic heterocycles. The summed E-state index contributed by atoms with van der Waals surface area (Å²) in [5, 5.41) is 4.10. The van der Waals surface area contributed by atoms with E-state index in [0.717, 1.165) is 37.2 Å². The van der Waals surface area contributed by atoms with Crippen LogP contribution in [0.4, 0.5) is 0 Å². The van der Waals surface area contributed by atoms with E-state index in [-0.39, 0.29) is 5.69 Å². The highest BCUT2D eigenvalue weighted by Crippen LogP contribution is 2.25. The Morgan fingerprint density at radius 2 is 2.10 bits per heavy atom. The number of likely N-dealkylation sites (tertiary alicyclic amines) is 1. The number of aromatic nitrogens is 2. The van der Waals surface area contributed by atoms with Gasteiger partial charge in [-0.3, -0.25) is 4.57 Å². The normalized spacial score (nSPS) is 17.9. The highest BCUT2D eigenvalue weighted by atomic mass is 32.1. The second-order valence-corrected chi connectivity index (χ2v) is 6.53. The van der Waals surface area contributed by atoms with Gasteiger partial charge in [0, 0.05) is 42.3 Å². The van der Waals surface area contributed by atoms with Crippen molar-refractivity contribution in [1.82, 2.24) is 14.5 Å². The zero-order valence-electron chi connectivity index (χ0n) is 12.0. The number of rotatable bonds is 3. The van der Waals surface area contributed by atoms with Crippen LogP contribution in [0.5, 0.6) is 0 Å². The molecule has 1 N–H and O–H groups in total. The molecule has 3 heterocycles. The van der Waals surface area contributed by atoms with Gasteiger partial charge >= 0.3 is 5.69 Å². The van der Waals surface area contributed by atoms with Crippen LogP contribution in [0, 0.1) is 0 Å². The summed E-state index contributed by atoms with van der Waals surface area (Å²) in [6.07, 6.45) is 4.10. The maximum absolute atomic E-state index is 12.1. The topological polar surface area (TPSA) is 41.0 Å². The van der Waals surface area contributed by atoms with Gasteiger partial charge in [-0.15, -0.1) is 0 Å². The summed E-state index contributed by atoms with van der Waals surface area (Å²) in [7, 11) is 0. The Kier molecular flexibility index (Phi) is 3.81. The fourth-order valence-corrected chi connectivity index (χ4v) is 3.58. The van der Waals surface area contributed by atoms with Gasteiger partial charge in [-0.1, -0.05) is 0 Å². The second-order valence-electron chi connectivity index (χ2n) is 5.75. The molecule has 0 aliphatic carbocycles. The molecule has 1 aliphatic rings. The molecule has 0 bridgehead atoms.